The van der Waals surface area contributed by atoms with Crippen molar-refractivity contribution in [2.45, 2.75) is 26.8 Å². The Labute approximate surface area is 109 Å². The maximum absolute atomic E-state index is 13.3. The summed E-state index contributed by atoms with van der Waals surface area (Å²) in [6, 6.07) is -0.510. The highest BCUT2D eigenvalue weighted by Crippen LogP contribution is 2.22. The first-order valence-electron chi connectivity index (χ1n) is 5.87. The Morgan fingerprint density at radius 1 is 1.00 bits per heavy atom. The molecular formula is C12H16F4N2O. The highest BCUT2D eigenvalue weighted by molar-refractivity contribution is 5.46. The van der Waals surface area contributed by atoms with Crippen LogP contribution in [0.4, 0.5) is 23.2 Å². The van der Waals surface area contributed by atoms with E-state index in [0.717, 1.165) is 0 Å². The van der Waals surface area contributed by atoms with Gasteiger partial charge in [0.15, 0.2) is 0 Å². The smallest absolute Gasteiger partial charge is 0.253 e. The lowest BCUT2D eigenvalue weighted by molar-refractivity contribution is 0.105. The molecule has 1 unspecified atom stereocenters. The molecule has 1 N–H and O–H groups in total. The van der Waals surface area contributed by atoms with Crippen molar-refractivity contribution in [3.8, 4) is 0 Å². The third-order valence-electron chi connectivity index (χ3n) is 2.21. The highest BCUT2D eigenvalue weighted by atomic mass is 19.2. The minimum absolute atomic E-state index is 0.155. The van der Waals surface area contributed by atoms with Crippen molar-refractivity contribution >= 4 is 5.69 Å². The zero-order valence-electron chi connectivity index (χ0n) is 10.9. The number of halogens is 4. The van der Waals surface area contributed by atoms with Gasteiger partial charge in [-0.3, -0.25) is 0 Å². The lowest BCUT2D eigenvalue weighted by Crippen LogP contribution is -2.25. The molecular weight excluding hydrogens is 264 g/mol. The second-order valence-electron chi connectivity index (χ2n) is 4.67. The van der Waals surface area contributed by atoms with Crippen LogP contribution >= 0.6 is 0 Å². The van der Waals surface area contributed by atoms with Crippen molar-refractivity contribution in [2.75, 3.05) is 18.5 Å². The fourth-order valence-electron chi connectivity index (χ4n) is 1.38. The summed E-state index contributed by atoms with van der Waals surface area (Å²) in [6.45, 7) is 6.12. The van der Waals surface area contributed by atoms with E-state index in [4.69, 9.17) is 4.74 Å². The van der Waals surface area contributed by atoms with Crippen molar-refractivity contribution in [2.24, 2.45) is 5.92 Å². The lowest BCUT2D eigenvalue weighted by atomic mass is 10.2. The molecule has 0 saturated carbocycles. The molecule has 19 heavy (non-hydrogen) atoms. The number of nitrogens with one attached hydrogen (secondary N) is 1. The quantitative estimate of drug-likeness (QED) is 0.642. The monoisotopic (exact) mass is 280 g/mol. The molecule has 1 aromatic heterocycles. The van der Waals surface area contributed by atoms with Crippen LogP contribution in [0.2, 0.25) is 0 Å². The van der Waals surface area contributed by atoms with Crippen molar-refractivity contribution in [1.29, 1.82) is 0 Å². The first-order valence-corrected chi connectivity index (χ1v) is 5.87. The van der Waals surface area contributed by atoms with Crippen molar-refractivity contribution < 1.29 is 22.3 Å². The summed E-state index contributed by atoms with van der Waals surface area (Å²) < 4.78 is 57.6. The SMILES string of the molecule is CC(C)COCC(C)Nc1c(F)c(F)nc(F)c1F. The molecule has 0 bridgehead atoms. The van der Waals surface area contributed by atoms with Gasteiger partial charge >= 0.3 is 0 Å². The summed E-state index contributed by atoms with van der Waals surface area (Å²) >= 11 is 0. The molecule has 0 fully saturated rings. The summed E-state index contributed by atoms with van der Waals surface area (Å²) in [6.07, 6.45) is 0. The van der Waals surface area contributed by atoms with Gasteiger partial charge in [0, 0.05) is 12.6 Å². The number of anilines is 1. The first-order chi connectivity index (χ1) is 8.82. The summed E-state index contributed by atoms with van der Waals surface area (Å²) in [5, 5.41) is 2.34. The van der Waals surface area contributed by atoms with Crippen LogP contribution in [0.5, 0.6) is 0 Å². The van der Waals surface area contributed by atoms with E-state index in [9.17, 15) is 17.6 Å². The maximum atomic E-state index is 13.3. The van der Waals surface area contributed by atoms with E-state index in [2.05, 4.69) is 10.3 Å². The van der Waals surface area contributed by atoms with E-state index < -0.39 is 35.3 Å². The molecule has 108 valence electrons. The number of hydrogen-bond acceptors (Lipinski definition) is 3. The Balaban J connectivity index is 2.71. The van der Waals surface area contributed by atoms with Gasteiger partial charge in [-0.15, -0.1) is 0 Å². The number of ether oxygens (including phenoxy) is 1. The summed E-state index contributed by atoms with van der Waals surface area (Å²) in [4.78, 5) is 2.47. The van der Waals surface area contributed by atoms with E-state index in [1.807, 2.05) is 13.8 Å². The minimum atomic E-state index is -1.68. The van der Waals surface area contributed by atoms with Crippen LogP contribution in [0.15, 0.2) is 0 Å². The number of aromatic nitrogens is 1. The summed E-state index contributed by atoms with van der Waals surface area (Å²) in [7, 11) is 0. The summed E-state index contributed by atoms with van der Waals surface area (Å²) in [5.41, 5.74) is -0.870. The molecule has 0 aromatic carbocycles. The van der Waals surface area contributed by atoms with Crippen molar-refractivity contribution in [1.82, 2.24) is 4.98 Å². The third-order valence-corrected chi connectivity index (χ3v) is 2.21. The molecule has 1 rings (SSSR count). The normalized spacial score (nSPS) is 12.8. The molecule has 0 aliphatic rings. The average molecular weight is 280 g/mol. The van der Waals surface area contributed by atoms with Crippen molar-refractivity contribution in [3.63, 3.8) is 0 Å². The van der Waals surface area contributed by atoms with Crippen LogP contribution in [0, 0.1) is 29.4 Å². The van der Waals surface area contributed by atoms with E-state index >= 15 is 0 Å². The van der Waals surface area contributed by atoms with Crippen LogP contribution < -0.4 is 5.32 Å². The van der Waals surface area contributed by atoms with Gasteiger partial charge in [0.25, 0.3) is 11.9 Å². The highest BCUT2D eigenvalue weighted by Gasteiger charge is 2.21. The average Bonchev–Trinajstić information content (AvgIpc) is 2.32. The molecule has 1 heterocycles. The molecule has 1 aromatic rings. The zero-order valence-corrected chi connectivity index (χ0v) is 10.9. The first kappa shape index (κ1) is 15.7. The van der Waals surface area contributed by atoms with E-state index in [0.29, 0.717) is 12.5 Å². The largest absolute Gasteiger partial charge is 0.379 e. The zero-order chi connectivity index (χ0) is 14.6. The number of pyridine rings is 1. The summed E-state index contributed by atoms with van der Waals surface area (Å²) in [5.74, 6) is -6.14. The Morgan fingerprint density at radius 2 is 1.53 bits per heavy atom. The van der Waals surface area contributed by atoms with E-state index in [1.54, 1.807) is 6.92 Å². The van der Waals surface area contributed by atoms with Gasteiger partial charge < -0.3 is 10.1 Å². The standard InChI is InChI=1S/C12H16F4N2O/c1-6(2)4-19-5-7(3)17-10-8(13)11(15)18-12(16)9(10)14/h6-7H,4-5H2,1-3H3,(H,17,18). The van der Waals surface area contributed by atoms with E-state index in [-0.39, 0.29) is 6.61 Å². The van der Waals surface area contributed by atoms with E-state index in [1.165, 1.54) is 0 Å². The van der Waals surface area contributed by atoms with Gasteiger partial charge in [-0.05, 0) is 12.8 Å². The fraction of sp³-hybridized carbons (Fsp3) is 0.583. The number of rotatable bonds is 6. The Bertz CT molecular complexity index is 414. The topological polar surface area (TPSA) is 34.1 Å². The predicted octanol–water partition coefficient (Wildman–Crippen LogP) is 3.11. The molecule has 0 radical (unpaired) electrons. The molecule has 0 spiro atoms. The molecule has 0 aliphatic heterocycles. The van der Waals surface area contributed by atoms with Crippen LogP contribution in [0.1, 0.15) is 20.8 Å². The maximum Gasteiger partial charge on any atom is 0.253 e. The molecule has 0 amide bonds. The van der Waals surface area contributed by atoms with Crippen LogP contribution in [0.25, 0.3) is 0 Å². The van der Waals surface area contributed by atoms with Crippen molar-refractivity contribution in [3.05, 3.63) is 23.5 Å². The van der Waals surface area contributed by atoms with Gasteiger partial charge in [-0.2, -0.15) is 22.5 Å². The van der Waals surface area contributed by atoms with Gasteiger partial charge in [0.1, 0.15) is 5.69 Å². The molecule has 1 atom stereocenters. The molecule has 0 saturated heterocycles. The third kappa shape index (κ3) is 4.34. The number of hydrogen-bond donors (Lipinski definition) is 1. The minimum Gasteiger partial charge on any atom is -0.379 e. The van der Waals surface area contributed by atoms with Gasteiger partial charge in [-0.1, -0.05) is 13.8 Å². The molecule has 0 aliphatic carbocycles. The number of nitrogens with zero attached hydrogens (tertiary/aromatic N) is 1. The predicted molar refractivity (Wildman–Crippen MR) is 62.8 cm³/mol. The molecule has 7 heteroatoms. The van der Waals surface area contributed by atoms with Crippen LogP contribution in [0.3, 0.4) is 0 Å². The Kier molecular flexibility index (Phi) is 5.53. The second kappa shape index (κ2) is 6.70. The van der Waals surface area contributed by atoms with Crippen LogP contribution in [-0.4, -0.2) is 24.2 Å². The van der Waals surface area contributed by atoms with Gasteiger partial charge in [-0.25, -0.2) is 0 Å². The lowest BCUT2D eigenvalue weighted by Gasteiger charge is -2.17. The van der Waals surface area contributed by atoms with Crippen LogP contribution in [-0.2, 0) is 4.74 Å². The fourth-order valence-corrected chi connectivity index (χ4v) is 1.38. The Hall–Kier alpha value is -1.37. The molecule has 3 nitrogen and oxygen atoms in total. The van der Waals surface area contributed by atoms with Gasteiger partial charge in [0.05, 0.1) is 6.61 Å². The second-order valence-corrected chi connectivity index (χ2v) is 4.67. The van der Waals surface area contributed by atoms with Gasteiger partial charge in [0.2, 0.25) is 11.6 Å². The Morgan fingerprint density at radius 3 is 2.00 bits per heavy atom.